The second kappa shape index (κ2) is 233. The minimum absolute atomic E-state index is 0. The topological polar surface area (TPSA) is 778 Å². The van der Waals surface area contributed by atoms with Gasteiger partial charge in [-0.05, 0) is 194 Å². The van der Waals surface area contributed by atoms with Crippen molar-refractivity contribution in [2.24, 2.45) is 0 Å². The fourth-order valence-corrected chi connectivity index (χ4v) is 0. The van der Waals surface area contributed by atoms with Gasteiger partial charge < -0.3 is 177 Å². The molecular weight excluding hydrogens is 2360 g/mol. The van der Waals surface area contributed by atoms with Crippen molar-refractivity contribution in [3.63, 3.8) is 0 Å². The summed E-state index contributed by atoms with van der Waals surface area (Å²) < 4.78 is 0. The molecule has 0 atom stereocenters. The van der Waals surface area contributed by atoms with Gasteiger partial charge in [0.2, 0.25) is 0 Å². The predicted octanol–water partition coefficient (Wildman–Crippen LogP) is -9.35. The van der Waals surface area contributed by atoms with Gasteiger partial charge in [-0.3, -0.25) is 0 Å². The van der Waals surface area contributed by atoms with Crippen LogP contribution in [0.1, 0.15) is 194 Å². The Hall–Kier alpha value is 7.59. The molecule has 0 spiro atoms. The van der Waals surface area contributed by atoms with Gasteiger partial charge in [0.25, 0.3) is 0 Å². The number of rotatable bonds is 0. The monoisotopic (exact) mass is 2490 g/mol. The van der Waals surface area contributed by atoms with Gasteiger partial charge >= 0.3 is 0 Å². The van der Waals surface area contributed by atoms with Crippen molar-refractivity contribution >= 4 is 81.9 Å². The molecule has 0 amide bonds. The first-order chi connectivity index (χ1) is 31.2. The van der Waals surface area contributed by atoms with Crippen molar-refractivity contribution in [2.45, 2.75) is 305 Å². The third-order valence-corrected chi connectivity index (χ3v) is 0. The van der Waals surface area contributed by atoms with Crippen LogP contribution in [-0.2, 0) is 183 Å². The van der Waals surface area contributed by atoms with E-state index in [4.69, 9.17) is 133 Å². The molecule has 572 valence electrons. The predicted molar refractivity (Wildman–Crippen MR) is 331 cm³/mol. The quantitative estimate of drug-likeness (QED) is 0.0791. The Labute approximate surface area is 736 Å². The van der Waals surface area contributed by atoms with E-state index in [1.54, 1.807) is 138 Å². The molecule has 0 aliphatic rings. The average molecular weight is 2500 g/mol. The van der Waals surface area contributed by atoms with Gasteiger partial charge in [-0.25, -0.2) is 0 Å². The third kappa shape index (κ3) is 14900. The molecule has 42 N–H and O–H groups in total. The molecular formula is C46H144O34Pb3Zr7. The molecule has 0 aliphatic heterocycles. The smallest absolute Gasteiger partial charge is 0.148 e. The van der Waals surface area contributed by atoms with E-state index in [1.807, 2.05) is 0 Å². The molecule has 0 aromatic heterocycles. The summed E-state index contributed by atoms with van der Waals surface area (Å²) in [5, 5.41) is 202. The molecule has 34 nitrogen and oxygen atoms in total. The van der Waals surface area contributed by atoms with E-state index in [-0.39, 0.29) is 370 Å². The van der Waals surface area contributed by atoms with Crippen molar-refractivity contribution in [1.82, 2.24) is 0 Å². The van der Waals surface area contributed by atoms with Crippen LogP contribution in [0.4, 0.5) is 0 Å². The van der Waals surface area contributed by atoms with E-state index >= 15 is 0 Å². The SMILES string of the molecule is CC(C)O.CC(C)O.CC(C)O.CC(C)O.CC(C)O.CC(C)O.CC(C)O.CC(C)O.CC(C)O.CC(C)O.CC(O)O.CC(O)O.CC(O)O.CC(O)O.CC(O)O.CC(O)O.CC(O)O.CC(O)O.O.O.O.O.O.O.O.O.[Pb].[Pb].[Pb].[Zr].[Zr].[Zr].[Zr].[Zr].[Zr].[Zr]. The standard InChI is InChI=1S/10C3H8O.8C2H6O2.8H2O.3Pb.7Zr/c10*1-3(2)4;8*1-2(3)4;;;;;;;;;;;;;;;;;;/h10*3-4H,1-2H3;8*2-4H,1H3;8*1H2;;;;;;;;;;. The van der Waals surface area contributed by atoms with Crippen molar-refractivity contribution in [3.05, 3.63) is 0 Å². The van der Waals surface area contributed by atoms with Gasteiger partial charge in [-0.15, -0.1) is 0 Å². The van der Waals surface area contributed by atoms with Crippen LogP contribution in [0.25, 0.3) is 0 Å². The fraction of sp³-hybridized carbons (Fsp3) is 1.00. The molecule has 90 heavy (non-hydrogen) atoms. The summed E-state index contributed by atoms with van der Waals surface area (Å²) in [6.45, 7) is 44.7. The minimum Gasteiger partial charge on any atom is -0.412 e. The molecule has 0 saturated carbocycles. The number of aliphatic hydroxyl groups excluding tert-OH is 18. The first kappa shape index (κ1) is 240. The summed E-state index contributed by atoms with van der Waals surface area (Å²) in [6, 6.07) is 0. The van der Waals surface area contributed by atoms with Gasteiger partial charge in [-0.1, -0.05) is 0 Å². The summed E-state index contributed by atoms with van der Waals surface area (Å²) in [4.78, 5) is 0. The van der Waals surface area contributed by atoms with E-state index in [2.05, 4.69) is 0 Å². The molecule has 0 aromatic rings. The normalized spacial score (nSPS) is 7.20. The minimum atomic E-state index is -1.17. The zero-order valence-electron chi connectivity index (χ0n) is 59.0. The molecule has 0 aliphatic carbocycles. The Morgan fingerprint density at radius 1 is 0.111 bits per heavy atom. The van der Waals surface area contributed by atoms with E-state index in [0.29, 0.717) is 0 Å². The van der Waals surface area contributed by atoms with Gasteiger partial charge in [0.1, 0.15) is 50.3 Å². The fourth-order valence-electron chi connectivity index (χ4n) is 0. The van der Waals surface area contributed by atoms with Crippen LogP contribution in [0, 0.1) is 0 Å². The van der Waals surface area contributed by atoms with Crippen molar-refractivity contribution < 1.29 is 360 Å². The zero-order chi connectivity index (χ0) is 64.4. The molecule has 0 fully saturated rings. The third-order valence-electron chi connectivity index (χ3n) is 0. The Balaban J connectivity index is -0.00000000997. The summed E-state index contributed by atoms with van der Waals surface area (Å²) in [6.07, 6.45) is -11.0. The van der Waals surface area contributed by atoms with Crippen LogP contribution in [0.3, 0.4) is 0 Å². The Morgan fingerprint density at radius 3 is 0.111 bits per heavy atom. The molecule has 0 saturated heterocycles. The van der Waals surface area contributed by atoms with Crippen LogP contribution in [0.15, 0.2) is 0 Å². The number of aliphatic hydroxyl groups is 26. The van der Waals surface area contributed by atoms with Gasteiger partial charge in [0, 0.05) is 326 Å². The molecule has 0 heterocycles. The van der Waals surface area contributed by atoms with Crippen LogP contribution in [0.5, 0.6) is 0 Å². The van der Waals surface area contributed by atoms with E-state index < -0.39 is 50.3 Å². The van der Waals surface area contributed by atoms with Gasteiger partial charge in [-0.2, -0.15) is 0 Å². The molecule has 12 radical (unpaired) electrons. The summed E-state index contributed by atoms with van der Waals surface area (Å²) in [7, 11) is 0. The number of hydrogen-bond donors (Lipinski definition) is 26. The van der Waals surface area contributed by atoms with Gasteiger partial charge in [0.05, 0.1) is 0 Å². The largest absolute Gasteiger partial charge is 0.412 e. The molecule has 0 rings (SSSR count). The van der Waals surface area contributed by atoms with E-state index in [0.717, 1.165) is 0 Å². The summed E-state index contributed by atoms with van der Waals surface area (Å²) in [5.41, 5.74) is 0. The molecule has 0 unspecified atom stereocenters. The number of hydrogen-bond acceptors (Lipinski definition) is 26. The Kier molecular flexibility index (Phi) is 621. The molecule has 0 aromatic carbocycles. The van der Waals surface area contributed by atoms with E-state index in [9.17, 15) is 0 Å². The average Bonchev–Trinajstić information content (AvgIpc) is 2.91. The maximum absolute atomic E-state index is 8.06. The van der Waals surface area contributed by atoms with E-state index in [1.165, 1.54) is 55.4 Å². The van der Waals surface area contributed by atoms with Crippen molar-refractivity contribution in [2.75, 3.05) is 0 Å². The summed E-state index contributed by atoms with van der Waals surface area (Å²) in [5.74, 6) is 0. The molecule has 0 bridgehead atoms. The van der Waals surface area contributed by atoms with Gasteiger partial charge in [0.15, 0.2) is 0 Å². The summed E-state index contributed by atoms with van der Waals surface area (Å²) >= 11 is 0. The second-order valence-corrected chi connectivity index (χ2v) is 16.0. The Morgan fingerprint density at radius 2 is 0.111 bits per heavy atom. The van der Waals surface area contributed by atoms with Crippen molar-refractivity contribution in [1.29, 1.82) is 0 Å². The molecule has 44 heteroatoms. The van der Waals surface area contributed by atoms with Crippen LogP contribution in [-0.4, -0.2) is 370 Å². The van der Waals surface area contributed by atoms with Crippen LogP contribution < -0.4 is 0 Å². The maximum Gasteiger partial charge on any atom is 0.148 e. The first-order valence-corrected chi connectivity index (χ1v) is 22.9. The van der Waals surface area contributed by atoms with Crippen molar-refractivity contribution in [3.8, 4) is 0 Å². The Bertz CT molecular complexity index is 444. The van der Waals surface area contributed by atoms with Crippen LogP contribution >= 0.6 is 0 Å². The second-order valence-electron chi connectivity index (χ2n) is 16.0. The zero-order valence-corrected chi connectivity index (χ0v) is 87.9. The van der Waals surface area contributed by atoms with Crippen LogP contribution in [0.2, 0.25) is 0 Å². The first-order valence-electron chi connectivity index (χ1n) is 22.9. The maximum atomic E-state index is 8.06.